The highest BCUT2D eigenvalue weighted by atomic mass is 15.3. The van der Waals surface area contributed by atoms with Crippen molar-refractivity contribution in [2.24, 2.45) is 0 Å². The third-order valence-electron chi connectivity index (χ3n) is 2.54. The zero-order valence-electron chi connectivity index (χ0n) is 7.27. The SMILES string of the molecule is Nc1nn(C2CC2)c2ccccc12. The molecule has 0 radical (unpaired) electrons. The Balaban J connectivity index is 2.34. The summed E-state index contributed by atoms with van der Waals surface area (Å²) in [4.78, 5) is 0. The maximum absolute atomic E-state index is 5.81. The summed E-state index contributed by atoms with van der Waals surface area (Å²) < 4.78 is 2.06. The Hall–Kier alpha value is -1.51. The molecule has 3 nitrogen and oxygen atoms in total. The van der Waals surface area contributed by atoms with E-state index < -0.39 is 0 Å². The molecular weight excluding hydrogens is 162 g/mol. The summed E-state index contributed by atoms with van der Waals surface area (Å²) >= 11 is 0. The number of anilines is 1. The van der Waals surface area contributed by atoms with E-state index in [2.05, 4.69) is 15.8 Å². The molecule has 0 atom stereocenters. The van der Waals surface area contributed by atoms with Crippen LogP contribution in [0.4, 0.5) is 5.82 Å². The number of hydrogen-bond acceptors (Lipinski definition) is 2. The van der Waals surface area contributed by atoms with Gasteiger partial charge in [-0.05, 0) is 25.0 Å². The molecular formula is C10H11N3. The molecule has 3 heteroatoms. The van der Waals surface area contributed by atoms with E-state index >= 15 is 0 Å². The normalized spacial score (nSPS) is 16.6. The lowest BCUT2D eigenvalue weighted by atomic mass is 10.2. The van der Waals surface area contributed by atoms with E-state index in [4.69, 9.17) is 5.73 Å². The van der Waals surface area contributed by atoms with Gasteiger partial charge in [0.05, 0.1) is 11.6 Å². The van der Waals surface area contributed by atoms with Crippen molar-refractivity contribution in [1.29, 1.82) is 0 Å². The van der Waals surface area contributed by atoms with Crippen LogP contribution in [-0.2, 0) is 0 Å². The molecule has 3 rings (SSSR count). The average Bonchev–Trinajstić information content (AvgIpc) is 2.94. The summed E-state index contributed by atoms with van der Waals surface area (Å²) in [6.07, 6.45) is 2.48. The first kappa shape index (κ1) is 6.95. The second-order valence-electron chi connectivity index (χ2n) is 3.58. The van der Waals surface area contributed by atoms with Crippen molar-refractivity contribution >= 4 is 16.7 Å². The molecule has 66 valence electrons. The van der Waals surface area contributed by atoms with Crippen LogP contribution in [0.25, 0.3) is 10.9 Å². The van der Waals surface area contributed by atoms with Gasteiger partial charge in [0.25, 0.3) is 0 Å². The highest BCUT2D eigenvalue weighted by molar-refractivity contribution is 5.89. The first-order valence-corrected chi connectivity index (χ1v) is 4.59. The number of hydrogen-bond donors (Lipinski definition) is 1. The zero-order chi connectivity index (χ0) is 8.84. The Kier molecular flexibility index (Phi) is 1.20. The molecule has 1 heterocycles. The second kappa shape index (κ2) is 2.25. The summed E-state index contributed by atoms with van der Waals surface area (Å²) in [5, 5.41) is 5.42. The van der Waals surface area contributed by atoms with Crippen molar-refractivity contribution in [1.82, 2.24) is 9.78 Å². The monoisotopic (exact) mass is 173 g/mol. The van der Waals surface area contributed by atoms with Crippen LogP contribution in [0.1, 0.15) is 18.9 Å². The minimum absolute atomic E-state index is 0.599. The highest BCUT2D eigenvalue weighted by Crippen LogP contribution is 2.37. The van der Waals surface area contributed by atoms with Crippen LogP contribution in [0, 0.1) is 0 Å². The standard InChI is InChI=1S/C10H11N3/c11-10-8-3-1-2-4-9(8)13(12-10)7-5-6-7/h1-4,7H,5-6H2,(H2,11,12). The van der Waals surface area contributed by atoms with E-state index in [1.54, 1.807) is 0 Å². The van der Waals surface area contributed by atoms with E-state index in [9.17, 15) is 0 Å². The van der Waals surface area contributed by atoms with Crippen molar-refractivity contribution in [3.8, 4) is 0 Å². The van der Waals surface area contributed by atoms with E-state index in [0.29, 0.717) is 11.9 Å². The number of fused-ring (bicyclic) bond motifs is 1. The fraction of sp³-hybridized carbons (Fsp3) is 0.300. The molecule has 0 bridgehead atoms. The molecule has 1 aromatic heterocycles. The fourth-order valence-corrected chi connectivity index (χ4v) is 1.71. The molecule has 1 aliphatic rings. The third kappa shape index (κ3) is 0.932. The number of nitrogen functional groups attached to an aromatic ring is 1. The first-order valence-electron chi connectivity index (χ1n) is 4.59. The van der Waals surface area contributed by atoms with E-state index in [1.807, 2.05) is 18.2 Å². The number of rotatable bonds is 1. The van der Waals surface area contributed by atoms with Crippen molar-refractivity contribution in [2.75, 3.05) is 5.73 Å². The lowest BCUT2D eigenvalue weighted by Gasteiger charge is -1.97. The van der Waals surface area contributed by atoms with Gasteiger partial charge in [-0.3, -0.25) is 4.68 Å². The minimum atomic E-state index is 0.599. The van der Waals surface area contributed by atoms with Gasteiger partial charge in [-0.1, -0.05) is 12.1 Å². The van der Waals surface area contributed by atoms with Gasteiger partial charge in [0.2, 0.25) is 0 Å². The molecule has 1 aromatic carbocycles. The Morgan fingerprint density at radius 2 is 2.08 bits per heavy atom. The van der Waals surface area contributed by atoms with Crippen LogP contribution in [-0.4, -0.2) is 9.78 Å². The minimum Gasteiger partial charge on any atom is -0.382 e. The van der Waals surface area contributed by atoms with Crippen LogP contribution in [0.2, 0.25) is 0 Å². The third-order valence-corrected chi connectivity index (χ3v) is 2.54. The largest absolute Gasteiger partial charge is 0.382 e. The van der Waals surface area contributed by atoms with Gasteiger partial charge in [-0.15, -0.1) is 0 Å². The predicted octanol–water partition coefficient (Wildman–Crippen LogP) is 1.95. The summed E-state index contributed by atoms with van der Waals surface area (Å²) in [5.74, 6) is 0.655. The molecule has 0 saturated heterocycles. The fourth-order valence-electron chi connectivity index (χ4n) is 1.71. The summed E-state index contributed by atoms with van der Waals surface area (Å²) in [5.41, 5.74) is 6.98. The topological polar surface area (TPSA) is 43.8 Å². The number of benzene rings is 1. The molecule has 0 spiro atoms. The van der Waals surface area contributed by atoms with Crippen LogP contribution >= 0.6 is 0 Å². The smallest absolute Gasteiger partial charge is 0.153 e. The lowest BCUT2D eigenvalue weighted by Crippen LogP contribution is -1.96. The van der Waals surface area contributed by atoms with Crippen molar-refractivity contribution in [3.63, 3.8) is 0 Å². The van der Waals surface area contributed by atoms with Crippen LogP contribution in [0.5, 0.6) is 0 Å². The maximum atomic E-state index is 5.81. The van der Waals surface area contributed by atoms with Crippen molar-refractivity contribution in [2.45, 2.75) is 18.9 Å². The molecule has 1 aliphatic carbocycles. The summed E-state index contributed by atoms with van der Waals surface area (Å²) in [7, 11) is 0. The van der Waals surface area contributed by atoms with Crippen LogP contribution in [0.15, 0.2) is 24.3 Å². The number of aromatic nitrogens is 2. The lowest BCUT2D eigenvalue weighted by molar-refractivity contribution is 0.669. The second-order valence-corrected chi connectivity index (χ2v) is 3.58. The number of nitrogens with zero attached hydrogens (tertiary/aromatic N) is 2. The summed E-state index contributed by atoms with van der Waals surface area (Å²) in [6, 6.07) is 8.73. The van der Waals surface area contributed by atoms with Crippen LogP contribution in [0.3, 0.4) is 0 Å². The van der Waals surface area contributed by atoms with Gasteiger partial charge in [0, 0.05) is 5.39 Å². The van der Waals surface area contributed by atoms with E-state index in [0.717, 1.165) is 5.39 Å². The number of nitrogens with two attached hydrogens (primary N) is 1. The zero-order valence-corrected chi connectivity index (χ0v) is 7.27. The predicted molar refractivity (Wildman–Crippen MR) is 52.4 cm³/mol. The molecule has 1 fully saturated rings. The van der Waals surface area contributed by atoms with Gasteiger partial charge in [0.1, 0.15) is 0 Å². The van der Waals surface area contributed by atoms with Crippen LogP contribution < -0.4 is 5.73 Å². The molecule has 13 heavy (non-hydrogen) atoms. The van der Waals surface area contributed by atoms with Gasteiger partial charge >= 0.3 is 0 Å². The molecule has 2 aromatic rings. The number of para-hydroxylation sites is 1. The molecule has 0 unspecified atom stereocenters. The molecule has 0 amide bonds. The van der Waals surface area contributed by atoms with Gasteiger partial charge in [-0.2, -0.15) is 5.10 Å². The summed E-state index contributed by atoms with van der Waals surface area (Å²) in [6.45, 7) is 0. The first-order chi connectivity index (χ1) is 6.36. The van der Waals surface area contributed by atoms with E-state index in [1.165, 1.54) is 18.4 Å². The maximum Gasteiger partial charge on any atom is 0.153 e. The van der Waals surface area contributed by atoms with Crippen molar-refractivity contribution < 1.29 is 0 Å². The Bertz CT molecular complexity index is 454. The molecule has 1 saturated carbocycles. The van der Waals surface area contributed by atoms with Gasteiger partial charge in [-0.25, -0.2) is 0 Å². The molecule has 0 aliphatic heterocycles. The average molecular weight is 173 g/mol. The van der Waals surface area contributed by atoms with Crippen molar-refractivity contribution in [3.05, 3.63) is 24.3 Å². The van der Waals surface area contributed by atoms with Gasteiger partial charge < -0.3 is 5.73 Å². The highest BCUT2D eigenvalue weighted by Gasteiger charge is 2.26. The molecule has 2 N–H and O–H groups in total. The Morgan fingerprint density at radius 3 is 2.85 bits per heavy atom. The van der Waals surface area contributed by atoms with Gasteiger partial charge in [0.15, 0.2) is 5.82 Å². The Morgan fingerprint density at radius 1 is 1.31 bits per heavy atom. The van der Waals surface area contributed by atoms with E-state index in [-0.39, 0.29) is 0 Å². The Labute approximate surface area is 76.1 Å². The quantitative estimate of drug-likeness (QED) is 0.716.